The Bertz CT molecular complexity index is 1350. The Morgan fingerprint density at radius 2 is 0.814 bits per heavy atom. The average molecular weight is 813 g/mol. The van der Waals surface area contributed by atoms with Crippen LogP contribution in [0.2, 0.25) is 0 Å². The van der Waals surface area contributed by atoms with Gasteiger partial charge in [-0.25, -0.2) is 0 Å². The second-order valence-corrected chi connectivity index (χ2v) is 14.4. The molecule has 0 aromatic heterocycles. The first-order chi connectivity index (χ1) is 29.0. The summed E-state index contributed by atoms with van der Waals surface area (Å²) < 4.78 is 16.5. The van der Waals surface area contributed by atoms with Gasteiger partial charge < -0.3 is 14.2 Å². The van der Waals surface area contributed by atoms with Crippen molar-refractivity contribution in [2.45, 2.75) is 168 Å². The van der Waals surface area contributed by atoms with Gasteiger partial charge in [0.25, 0.3) is 0 Å². The zero-order valence-electron chi connectivity index (χ0n) is 37.2. The van der Waals surface area contributed by atoms with Crippen molar-refractivity contribution < 1.29 is 28.6 Å². The number of carbonyl (C=O) groups excluding carboxylic acids is 3. The van der Waals surface area contributed by atoms with Gasteiger partial charge in [-0.2, -0.15) is 0 Å². The van der Waals surface area contributed by atoms with Crippen LogP contribution in [0.15, 0.2) is 134 Å². The van der Waals surface area contributed by atoms with E-state index in [4.69, 9.17) is 14.2 Å². The molecule has 0 aromatic rings. The predicted octanol–water partition coefficient (Wildman–Crippen LogP) is 14.7. The van der Waals surface area contributed by atoms with Crippen molar-refractivity contribution in [2.75, 3.05) is 13.2 Å². The molecule has 0 aliphatic rings. The van der Waals surface area contributed by atoms with Crippen molar-refractivity contribution in [3.63, 3.8) is 0 Å². The molecule has 6 nitrogen and oxygen atoms in total. The summed E-state index contributed by atoms with van der Waals surface area (Å²) in [5.74, 6) is -1.14. The van der Waals surface area contributed by atoms with E-state index in [0.29, 0.717) is 6.42 Å². The normalized spacial score (nSPS) is 13.3. The summed E-state index contributed by atoms with van der Waals surface area (Å²) in [6.45, 7) is 6.17. The molecule has 6 heteroatoms. The minimum absolute atomic E-state index is 0.117. The van der Waals surface area contributed by atoms with Crippen LogP contribution in [0, 0.1) is 0 Å². The third-order valence-electron chi connectivity index (χ3n) is 8.85. The summed E-state index contributed by atoms with van der Waals surface area (Å²) in [6.07, 6.45) is 64.6. The van der Waals surface area contributed by atoms with Gasteiger partial charge in [0.05, 0.1) is 6.42 Å². The Labute approximate surface area is 360 Å². The fourth-order valence-corrected chi connectivity index (χ4v) is 5.48. The van der Waals surface area contributed by atoms with Crippen LogP contribution >= 0.6 is 0 Å². The maximum atomic E-state index is 12.7. The summed E-state index contributed by atoms with van der Waals surface area (Å²) in [5, 5.41) is 0. The highest BCUT2D eigenvalue weighted by molar-refractivity contribution is 5.72. The number of carbonyl (C=O) groups is 3. The lowest BCUT2D eigenvalue weighted by Crippen LogP contribution is -2.30. The molecule has 0 saturated heterocycles. The molecule has 59 heavy (non-hydrogen) atoms. The van der Waals surface area contributed by atoms with Gasteiger partial charge in [0.15, 0.2) is 6.10 Å². The Kier molecular flexibility index (Phi) is 42.8. The van der Waals surface area contributed by atoms with Gasteiger partial charge in [-0.3, -0.25) is 14.4 Å². The molecule has 0 heterocycles. The van der Waals surface area contributed by atoms with Crippen LogP contribution in [-0.2, 0) is 28.6 Å². The molecule has 0 rings (SSSR count). The molecular formula is C53H80O6. The molecule has 0 amide bonds. The third kappa shape index (κ3) is 44.5. The van der Waals surface area contributed by atoms with E-state index >= 15 is 0 Å². The minimum atomic E-state index is -0.843. The molecule has 1 atom stereocenters. The number of esters is 3. The van der Waals surface area contributed by atoms with E-state index in [-0.39, 0.29) is 44.4 Å². The number of hydrogen-bond acceptors (Lipinski definition) is 6. The minimum Gasteiger partial charge on any atom is -0.462 e. The summed E-state index contributed by atoms with van der Waals surface area (Å²) in [6, 6.07) is 0. The molecular weight excluding hydrogens is 733 g/mol. The quantitative estimate of drug-likeness (QED) is 0.0203. The molecule has 0 saturated carbocycles. The number of hydrogen-bond donors (Lipinski definition) is 0. The van der Waals surface area contributed by atoms with E-state index in [9.17, 15) is 14.4 Å². The predicted molar refractivity (Wildman–Crippen MR) is 251 cm³/mol. The maximum Gasteiger partial charge on any atom is 0.309 e. The molecule has 0 radical (unpaired) electrons. The number of allylic oxidation sites excluding steroid dienone is 21. The fraction of sp³-hybridized carbons (Fsp3) is 0.528. The molecule has 0 fully saturated rings. The van der Waals surface area contributed by atoms with Crippen molar-refractivity contribution in [2.24, 2.45) is 0 Å². The number of unbranched alkanes of at least 4 members (excludes halogenated alkanes) is 12. The fourth-order valence-electron chi connectivity index (χ4n) is 5.48. The van der Waals surface area contributed by atoms with E-state index in [1.54, 1.807) is 6.08 Å². The first-order valence-corrected chi connectivity index (χ1v) is 22.8. The summed E-state index contributed by atoms with van der Waals surface area (Å²) in [5.41, 5.74) is 0. The molecule has 0 aromatic carbocycles. The van der Waals surface area contributed by atoms with Crippen molar-refractivity contribution in [3.8, 4) is 0 Å². The van der Waals surface area contributed by atoms with E-state index < -0.39 is 12.1 Å². The topological polar surface area (TPSA) is 78.9 Å². The Morgan fingerprint density at radius 1 is 0.390 bits per heavy atom. The summed E-state index contributed by atoms with van der Waals surface area (Å²) in [7, 11) is 0. The highest BCUT2D eigenvalue weighted by atomic mass is 16.6. The Morgan fingerprint density at radius 3 is 1.37 bits per heavy atom. The Hall–Kier alpha value is -4.45. The van der Waals surface area contributed by atoms with Crippen LogP contribution in [0.25, 0.3) is 0 Å². The van der Waals surface area contributed by atoms with Crippen LogP contribution in [0.5, 0.6) is 0 Å². The lowest BCUT2D eigenvalue weighted by atomic mass is 10.1. The van der Waals surface area contributed by atoms with Crippen LogP contribution in [0.3, 0.4) is 0 Å². The van der Waals surface area contributed by atoms with Crippen molar-refractivity contribution in [1.29, 1.82) is 0 Å². The van der Waals surface area contributed by atoms with Gasteiger partial charge in [-0.1, -0.05) is 199 Å². The van der Waals surface area contributed by atoms with Gasteiger partial charge in [0.2, 0.25) is 0 Å². The smallest absolute Gasteiger partial charge is 0.309 e. The van der Waals surface area contributed by atoms with Gasteiger partial charge in [0.1, 0.15) is 13.2 Å². The first kappa shape index (κ1) is 54.6. The first-order valence-electron chi connectivity index (χ1n) is 22.8. The van der Waals surface area contributed by atoms with Crippen molar-refractivity contribution in [3.05, 3.63) is 134 Å². The average Bonchev–Trinajstić information content (AvgIpc) is 3.23. The number of ether oxygens (including phenoxy) is 3. The zero-order valence-corrected chi connectivity index (χ0v) is 37.2. The van der Waals surface area contributed by atoms with E-state index in [2.05, 4.69) is 69.4 Å². The highest BCUT2D eigenvalue weighted by Gasteiger charge is 2.19. The van der Waals surface area contributed by atoms with Gasteiger partial charge >= 0.3 is 17.9 Å². The molecule has 1 unspecified atom stereocenters. The number of rotatable bonds is 38. The van der Waals surface area contributed by atoms with Crippen molar-refractivity contribution >= 4 is 17.9 Å². The SMILES string of the molecule is CC\C=C/C=C\C=C/C=C\C=C\C=C/C=C\CCCCCC(=O)OCC(COC(=O)C/C=C\C/C=C\C/C=C\CC)OC(=O)CCCCC/C=C\CCCCCCCC. The molecule has 0 aliphatic carbocycles. The zero-order chi connectivity index (χ0) is 43.0. The van der Waals surface area contributed by atoms with E-state index in [1.165, 1.54) is 38.5 Å². The van der Waals surface area contributed by atoms with Crippen LogP contribution in [-0.4, -0.2) is 37.2 Å². The van der Waals surface area contributed by atoms with E-state index in [0.717, 1.165) is 77.0 Å². The van der Waals surface area contributed by atoms with Gasteiger partial charge in [-0.15, -0.1) is 0 Å². The second-order valence-electron chi connectivity index (χ2n) is 14.4. The highest BCUT2D eigenvalue weighted by Crippen LogP contribution is 2.11. The summed E-state index contributed by atoms with van der Waals surface area (Å²) in [4.78, 5) is 37.6. The van der Waals surface area contributed by atoms with Crippen LogP contribution < -0.4 is 0 Å². The Balaban J connectivity index is 4.57. The van der Waals surface area contributed by atoms with Crippen LogP contribution in [0.4, 0.5) is 0 Å². The largest absolute Gasteiger partial charge is 0.462 e. The van der Waals surface area contributed by atoms with Crippen LogP contribution in [0.1, 0.15) is 162 Å². The molecule has 0 bridgehead atoms. The second kappa shape index (κ2) is 46.2. The standard InChI is InChI=1S/C53H80O6/c1-4-7-10-13-16-19-21-23-24-25-26-27-28-30-31-34-37-40-43-46-52(55)58-49-50(48-57-51(54)45-42-39-36-33-18-15-12-9-6-3)59-53(56)47-44-41-38-35-32-29-22-20-17-14-11-8-5-2/h7,9-10,12-13,16,18-19,21,23-33,39,42,50H,4-6,8,11,14-15,17,20,22,34-38,40-41,43-49H2,1-3H3/b10-7-,12-9-,16-13-,21-19-,24-23-,26-25+,28-27-,31-30-,32-29-,33-18-,42-39-. The summed E-state index contributed by atoms with van der Waals surface area (Å²) >= 11 is 0. The van der Waals surface area contributed by atoms with E-state index in [1.807, 2.05) is 79.0 Å². The van der Waals surface area contributed by atoms with Gasteiger partial charge in [0, 0.05) is 12.8 Å². The molecule has 328 valence electrons. The third-order valence-corrected chi connectivity index (χ3v) is 8.85. The lowest BCUT2D eigenvalue weighted by Gasteiger charge is -2.18. The van der Waals surface area contributed by atoms with Crippen molar-refractivity contribution in [1.82, 2.24) is 0 Å². The monoisotopic (exact) mass is 813 g/mol. The molecule has 0 spiro atoms. The maximum absolute atomic E-state index is 12.7. The van der Waals surface area contributed by atoms with Gasteiger partial charge in [-0.05, 0) is 77.0 Å². The molecule has 0 N–H and O–H groups in total. The lowest BCUT2D eigenvalue weighted by molar-refractivity contribution is -0.166. The molecule has 0 aliphatic heterocycles.